The van der Waals surface area contributed by atoms with Crippen molar-refractivity contribution in [1.29, 1.82) is 0 Å². The second kappa shape index (κ2) is 16.9. The molecular weight excluding hydrogens is 569 g/mol. The number of carbonyl (C=O) groups excluding carboxylic acids is 2. The molecule has 1 aromatic heterocycles. The van der Waals surface area contributed by atoms with Crippen LogP contribution in [0.15, 0.2) is 110 Å². The average Bonchev–Trinajstić information content (AvgIpc) is 3.09. The number of pyridine rings is 1. The van der Waals surface area contributed by atoms with Gasteiger partial charge in [0.05, 0.1) is 11.4 Å². The number of nitrogens with zero attached hydrogens (tertiary/aromatic N) is 2. The molecule has 1 amide bonds. The van der Waals surface area contributed by atoms with Crippen molar-refractivity contribution >= 4 is 37.4 Å². The number of hydrogen-bond donors (Lipinski definition) is 3. The molecule has 0 aliphatic carbocycles. The number of carbonyl (C=O) groups is 2. The van der Waals surface area contributed by atoms with Gasteiger partial charge in [0.1, 0.15) is 7.85 Å². The van der Waals surface area contributed by atoms with Gasteiger partial charge < -0.3 is 16.0 Å². The van der Waals surface area contributed by atoms with Crippen molar-refractivity contribution in [2.45, 2.75) is 31.7 Å². The van der Waals surface area contributed by atoms with E-state index < -0.39 is 0 Å². The van der Waals surface area contributed by atoms with Crippen LogP contribution in [-0.2, 0) is 0 Å². The number of aldehydes is 1. The monoisotopic (exact) mass is 611 g/mol. The van der Waals surface area contributed by atoms with E-state index in [4.69, 9.17) is 12.8 Å². The third-order valence-corrected chi connectivity index (χ3v) is 7.95. The number of benzene rings is 2. The van der Waals surface area contributed by atoms with Crippen LogP contribution in [0.5, 0.6) is 0 Å². The highest BCUT2D eigenvalue weighted by Crippen LogP contribution is 2.30. The molecule has 2 heterocycles. The highest BCUT2D eigenvalue weighted by molar-refractivity contribution is 6.14. The van der Waals surface area contributed by atoms with Gasteiger partial charge in [0.25, 0.3) is 5.91 Å². The molecule has 1 fully saturated rings. The summed E-state index contributed by atoms with van der Waals surface area (Å²) < 4.78 is 0. The molecule has 1 aliphatic heterocycles. The molecule has 1 atom stereocenters. The Bertz CT molecular complexity index is 1600. The van der Waals surface area contributed by atoms with E-state index in [2.05, 4.69) is 46.2 Å². The Morgan fingerprint density at radius 3 is 2.43 bits per heavy atom. The predicted molar refractivity (Wildman–Crippen MR) is 192 cm³/mol. The molecule has 8 heteroatoms. The summed E-state index contributed by atoms with van der Waals surface area (Å²) in [6, 6.07) is 19.3. The molecule has 0 spiro atoms. The summed E-state index contributed by atoms with van der Waals surface area (Å²) in [5.41, 5.74) is 7.38. The van der Waals surface area contributed by atoms with Crippen molar-refractivity contribution in [3.63, 3.8) is 0 Å². The highest BCUT2D eigenvalue weighted by atomic mass is 16.1. The first-order valence-corrected chi connectivity index (χ1v) is 15.5. The summed E-state index contributed by atoms with van der Waals surface area (Å²) in [6.07, 6.45) is 13.8. The van der Waals surface area contributed by atoms with E-state index in [-0.39, 0.29) is 17.9 Å². The molecule has 46 heavy (non-hydrogen) atoms. The first-order valence-electron chi connectivity index (χ1n) is 15.5. The fourth-order valence-corrected chi connectivity index (χ4v) is 5.30. The van der Waals surface area contributed by atoms with Crippen molar-refractivity contribution in [2.75, 3.05) is 32.0 Å². The van der Waals surface area contributed by atoms with E-state index in [0.29, 0.717) is 16.8 Å². The lowest BCUT2D eigenvalue weighted by molar-refractivity contribution is 0.0913. The van der Waals surface area contributed by atoms with Gasteiger partial charge in [-0.3, -0.25) is 14.5 Å². The quantitative estimate of drug-likeness (QED) is 0.0865. The van der Waals surface area contributed by atoms with Crippen molar-refractivity contribution in [3.05, 3.63) is 132 Å². The zero-order chi connectivity index (χ0) is 32.9. The lowest BCUT2D eigenvalue weighted by Crippen LogP contribution is -2.45. The van der Waals surface area contributed by atoms with E-state index in [9.17, 15) is 9.59 Å². The second-order valence-corrected chi connectivity index (χ2v) is 11.3. The van der Waals surface area contributed by atoms with Crippen molar-refractivity contribution in [3.8, 4) is 11.1 Å². The van der Waals surface area contributed by atoms with E-state index in [1.54, 1.807) is 30.5 Å². The lowest BCUT2D eigenvalue weighted by atomic mass is 9.96. The van der Waals surface area contributed by atoms with Crippen LogP contribution >= 0.6 is 0 Å². The van der Waals surface area contributed by atoms with Gasteiger partial charge in [-0.15, -0.1) is 6.58 Å². The summed E-state index contributed by atoms with van der Waals surface area (Å²) in [6.45, 7) is 12.3. The maximum atomic E-state index is 12.9. The molecule has 4 rings (SSSR count). The molecule has 234 valence electrons. The minimum atomic E-state index is -0.341. The third kappa shape index (κ3) is 9.28. The Morgan fingerprint density at radius 1 is 1.09 bits per heavy atom. The Balaban J connectivity index is 1.41. The Labute approximate surface area is 274 Å². The maximum absolute atomic E-state index is 12.9. The van der Waals surface area contributed by atoms with Gasteiger partial charge in [-0.05, 0) is 79.1 Å². The van der Waals surface area contributed by atoms with Crippen LogP contribution in [0.1, 0.15) is 51.9 Å². The van der Waals surface area contributed by atoms with Crippen LogP contribution < -0.4 is 16.0 Å². The Morgan fingerprint density at radius 2 is 1.80 bits per heavy atom. The summed E-state index contributed by atoms with van der Waals surface area (Å²) in [4.78, 5) is 32.1. The van der Waals surface area contributed by atoms with Gasteiger partial charge in [-0.1, -0.05) is 61.2 Å². The van der Waals surface area contributed by atoms with Gasteiger partial charge in [0.2, 0.25) is 0 Å². The number of rotatable bonds is 14. The zero-order valence-corrected chi connectivity index (χ0v) is 26.7. The number of amides is 1. The Kier molecular flexibility index (Phi) is 12.5. The summed E-state index contributed by atoms with van der Waals surface area (Å²) >= 11 is 0. The standard InChI is InChI=1S/C38H42BN5O2/c1-5-28(25-44-22-19-33(20-23-44)42-38(46)30-14-16-32(17-15-30)41-36(39)6-2)13-12-27(3)37-34(29-10-8-7-9-11-29)24-31(26-45)35(43-37)18-21-40-4/h5-18,21,24,26,33,36,40-41H,1-2,19-20,22-23,25H2,3-4H3,(H,42,46)/b21-18-,27-12+,28-13+. The van der Waals surface area contributed by atoms with Crippen LogP contribution in [0.3, 0.4) is 0 Å². The smallest absolute Gasteiger partial charge is 0.251 e. The first-order chi connectivity index (χ1) is 22.3. The van der Waals surface area contributed by atoms with Gasteiger partial charge in [-0.2, -0.15) is 0 Å². The number of aromatic nitrogens is 1. The van der Waals surface area contributed by atoms with Crippen LogP contribution in [0.2, 0.25) is 0 Å². The van der Waals surface area contributed by atoms with E-state index in [1.807, 2.05) is 68.6 Å². The highest BCUT2D eigenvalue weighted by Gasteiger charge is 2.21. The van der Waals surface area contributed by atoms with Gasteiger partial charge in [0, 0.05) is 61.0 Å². The van der Waals surface area contributed by atoms with Crippen molar-refractivity contribution in [1.82, 2.24) is 20.5 Å². The molecule has 1 saturated heterocycles. The van der Waals surface area contributed by atoms with E-state index in [0.717, 1.165) is 72.4 Å². The van der Waals surface area contributed by atoms with Gasteiger partial charge in [-0.25, -0.2) is 4.98 Å². The fourth-order valence-electron chi connectivity index (χ4n) is 5.30. The summed E-state index contributed by atoms with van der Waals surface area (Å²) in [7, 11) is 7.65. The van der Waals surface area contributed by atoms with Gasteiger partial charge in [0.15, 0.2) is 6.29 Å². The average molecular weight is 612 g/mol. The molecule has 3 N–H and O–H groups in total. The number of allylic oxidation sites excluding steroid dienone is 3. The molecule has 2 aromatic carbocycles. The molecule has 3 aromatic rings. The fraction of sp³-hybridized carbons (Fsp3) is 0.237. The van der Waals surface area contributed by atoms with Crippen LogP contribution in [0.4, 0.5) is 5.69 Å². The van der Waals surface area contributed by atoms with Crippen LogP contribution in [-0.4, -0.2) is 68.6 Å². The minimum absolute atomic E-state index is 0.0698. The SMILES string of the molecule is [B]C(C=C)Nc1ccc(C(=O)NC2CCN(C/C(C=C)=C/C=C(\C)c3nc(/C=C\NC)c(C=O)cc3-c3ccccc3)CC2)cc1. The largest absolute Gasteiger partial charge is 0.394 e. The normalized spacial score (nSPS) is 15.3. The molecule has 0 saturated carbocycles. The predicted octanol–water partition coefficient (Wildman–Crippen LogP) is 6.25. The third-order valence-electron chi connectivity index (χ3n) is 7.95. The molecule has 0 bridgehead atoms. The number of piperidine rings is 1. The molecular formula is C38H42BN5O2. The number of likely N-dealkylation sites (tertiary alicyclic amines) is 1. The second-order valence-electron chi connectivity index (χ2n) is 11.3. The Hall–Kier alpha value is -4.95. The zero-order valence-electron chi connectivity index (χ0n) is 26.7. The topological polar surface area (TPSA) is 86.4 Å². The maximum Gasteiger partial charge on any atom is 0.251 e. The summed E-state index contributed by atoms with van der Waals surface area (Å²) in [5.74, 6) is -0.411. The van der Waals surface area contributed by atoms with Crippen LogP contribution in [0, 0.1) is 0 Å². The molecule has 2 radical (unpaired) electrons. The van der Waals surface area contributed by atoms with E-state index in [1.165, 1.54) is 0 Å². The molecule has 1 unspecified atom stereocenters. The number of nitrogens with one attached hydrogen (secondary N) is 3. The number of hydrogen-bond acceptors (Lipinski definition) is 6. The molecule has 1 aliphatic rings. The minimum Gasteiger partial charge on any atom is -0.394 e. The lowest BCUT2D eigenvalue weighted by Gasteiger charge is -2.32. The molecule has 7 nitrogen and oxygen atoms in total. The van der Waals surface area contributed by atoms with Crippen molar-refractivity contribution < 1.29 is 9.59 Å². The van der Waals surface area contributed by atoms with E-state index >= 15 is 0 Å². The summed E-state index contributed by atoms with van der Waals surface area (Å²) in [5, 5.41) is 9.26. The number of anilines is 1. The van der Waals surface area contributed by atoms with Crippen LogP contribution in [0.25, 0.3) is 22.8 Å². The first kappa shape index (κ1) is 33.9. The van der Waals surface area contributed by atoms with Gasteiger partial charge >= 0.3 is 0 Å². The van der Waals surface area contributed by atoms with Crippen molar-refractivity contribution in [2.24, 2.45) is 0 Å².